The van der Waals surface area contributed by atoms with Gasteiger partial charge < -0.3 is 0 Å². The maximum absolute atomic E-state index is 14.5. The van der Waals surface area contributed by atoms with Gasteiger partial charge in [-0.15, -0.1) is 9.67 Å². The van der Waals surface area contributed by atoms with Crippen LogP contribution in [0.25, 0.3) is 17.0 Å². The first kappa shape index (κ1) is 20.9. The molecule has 0 saturated heterocycles. The van der Waals surface area contributed by atoms with Crippen molar-refractivity contribution in [2.45, 2.75) is 13.5 Å². The summed E-state index contributed by atoms with van der Waals surface area (Å²) >= 11 is 5.94. The van der Waals surface area contributed by atoms with E-state index in [1.54, 1.807) is 47.1 Å². The van der Waals surface area contributed by atoms with E-state index in [-0.39, 0.29) is 18.3 Å². The molecule has 0 atom stereocenters. The molecular weight excluding hydrogens is 441 g/mol. The maximum Gasteiger partial charge on any atom is 0.377 e. The third-order valence-corrected chi connectivity index (χ3v) is 5.60. The van der Waals surface area contributed by atoms with E-state index in [1.807, 2.05) is 41.8 Å². The first-order chi connectivity index (χ1) is 16.0. The lowest BCUT2D eigenvalue weighted by Crippen LogP contribution is -2.40. The van der Waals surface area contributed by atoms with Crippen LogP contribution in [0.5, 0.6) is 0 Å². The Kier molecular flexibility index (Phi) is 5.40. The van der Waals surface area contributed by atoms with Gasteiger partial charge >= 0.3 is 5.95 Å². The van der Waals surface area contributed by atoms with Crippen molar-refractivity contribution in [3.8, 4) is 5.95 Å². The lowest BCUT2D eigenvalue weighted by Gasteiger charge is -2.07. The number of carbonyl (C=O) groups is 1. The van der Waals surface area contributed by atoms with E-state index >= 15 is 0 Å². The number of rotatable bonds is 5. The maximum atomic E-state index is 14.5. The van der Waals surface area contributed by atoms with E-state index in [0.29, 0.717) is 27.9 Å². The third-order valence-electron chi connectivity index (χ3n) is 5.35. The zero-order chi connectivity index (χ0) is 22.9. The van der Waals surface area contributed by atoms with E-state index in [2.05, 4.69) is 10.4 Å². The summed E-state index contributed by atoms with van der Waals surface area (Å²) in [6.07, 6.45) is 0. The summed E-state index contributed by atoms with van der Waals surface area (Å²) in [6, 6.07) is 22.8. The second kappa shape index (κ2) is 8.52. The minimum absolute atomic E-state index is 0.276. The fraction of sp³-hybridized carbons (Fsp3) is 0.0800. The number of nitrogens with one attached hydrogen (secondary N) is 2. The van der Waals surface area contributed by atoms with Crippen LogP contribution in [0.1, 0.15) is 21.6 Å². The Morgan fingerprint density at radius 1 is 1.09 bits per heavy atom. The highest BCUT2D eigenvalue weighted by Gasteiger charge is 2.25. The zero-order valence-electron chi connectivity index (χ0n) is 17.7. The van der Waals surface area contributed by atoms with Gasteiger partial charge in [-0.3, -0.25) is 15.2 Å². The van der Waals surface area contributed by atoms with E-state index in [9.17, 15) is 9.18 Å². The number of benzene rings is 3. The summed E-state index contributed by atoms with van der Waals surface area (Å²) in [5.74, 6) is 0.470. The molecule has 1 amide bonds. The molecule has 33 heavy (non-hydrogen) atoms. The number of halogens is 2. The van der Waals surface area contributed by atoms with Crippen molar-refractivity contribution >= 4 is 34.4 Å². The quantitative estimate of drug-likeness (QED) is 0.361. The predicted molar refractivity (Wildman–Crippen MR) is 125 cm³/mol. The third kappa shape index (κ3) is 4.10. The Labute approximate surface area is 194 Å². The first-order valence-corrected chi connectivity index (χ1v) is 10.7. The Hall–Kier alpha value is -3.97. The van der Waals surface area contributed by atoms with Gasteiger partial charge in [0.25, 0.3) is 5.91 Å². The number of anilines is 1. The van der Waals surface area contributed by atoms with Crippen molar-refractivity contribution in [2.24, 2.45) is 0 Å². The molecule has 2 heterocycles. The molecule has 8 heteroatoms. The van der Waals surface area contributed by atoms with E-state index in [4.69, 9.17) is 16.6 Å². The fourth-order valence-electron chi connectivity index (χ4n) is 3.76. The highest BCUT2D eigenvalue weighted by Crippen LogP contribution is 2.21. The van der Waals surface area contributed by atoms with Crippen LogP contribution in [0.2, 0.25) is 5.02 Å². The number of fused-ring (bicyclic) bond motifs is 1. The van der Waals surface area contributed by atoms with Crippen LogP contribution < -0.4 is 10.00 Å². The number of para-hydroxylation sites is 2. The van der Waals surface area contributed by atoms with Crippen molar-refractivity contribution < 1.29 is 13.9 Å². The smallest absolute Gasteiger partial charge is 0.258 e. The molecule has 0 aliphatic carbocycles. The standard InChI is InChI=1S/C25H19ClFN5O/c1-16-14-23(29-24(33)17-10-12-19(26)13-11-17)32(30-16)25-28-21-8-4-5-9-22(21)31(25)15-18-6-2-3-7-20(18)27/h2-14H,15H2,1H3,(H,29,30,33)/p+1. The molecule has 6 nitrogen and oxygen atoms in total. The lowest BCUT2D eigenvalue weighted by atomic mass is 10.2. The number of H-pyrrole nitrogens is 1. The van der Waals surface area contributed by atoms with Crippen molar-refractivity contribution in [2.75, 3.05) is 5.32 Å². The molecule has 0 bridgehead atoms. The Bertz CT molecular complexity index is 1470. The van der Waals surface area contributed by atoms with E-state index in [0.717, 1.165) is 16.7 Å². The number of hydrogen-bond acceptors (Lipinski definition) is 2. The molecule has 3 aromatic carbocycles. The summed E-state index contributed by atoms with van der Waals surface area (Å²) in [4.78, 5) is 17.6. The Morgan fingerprint density at radius 3 is 2.61 bits per heavy atom. The molecule has 0 aliphatic rings. The number of hydrogen-bond donors (Lipinski definition) is 2. The monoisotopic (exact) mass is 460 g/mol. The summed E-state index contributed by atoms with van der Waals surface area (Å²) in [5, 5.41) is 6.72. The Balaban J connectivity index is 1.59. The van der Waals surface area contributed by atoms with Gasteiger partial charge in [0.2, 0.25) is 5.82 Å². The van der Waals surface area contributed by atoms with E-state index in [1.165, 1.54) is 6.07 Å². The minimum atomic E-state index is -0.287. The van der Waals surface area contributed by atoms with Crippen molar-refractivity contribution in [1.82, 2.24) is 14.6 Å². The number of carbonyl (C=O) groups excluding carboxylic acids is 1. The fourth-order valence-corrected chi connectivity index (χ4v) is 3.89. The lowest BCUT2D eigenvalue weighted by molar-refractivity contribution is -0.650. The number of aromatic nitrogens is 4. The van der Waals surface area contributed by atoms with Gasteiger partial charge in [-0.2, -0.15) is 0 Å². The molecule has 164 valence electrons. The van der Waals surface area contributed by atoms with Crippen LogP contribution in [0.4, 0.5) is 10.2 Å². The number of amides is 1. The molecule has 0 spiro atoms. The van der Waals surface area contributed by atoms with Crippen LogP contribution in [0.3, 0.4) is 0 Å². The van der Waals surface area contributed by atoms with Gasteiger partial charge in [0.05, 0.1) is 12.1 Å². The summed E-state index contributed by atoms with van der Waals surface area (Å²) in [5.41, 5.74) is 3.46. The predicted octanol–water partition coefficient (Wildman–Crippen LogP) is 5.04. The summed E-state index contributed by atoms with van der Waals surface area (Å²) in [6.45, 7) is 2.16. The van der Waals surface area contributed by atoms with Gasteiger partial charge in [-0.25, -0.2) is 8.96 Å². The van der Waals surface area contributed by atoms with Crippen LogP contribution in [-0.4, -0.2) is 20.6 Å². The van der Waals surface area contributed by atoms with Crippen molar-refractivity contribution in [3.05, 3.63) is 107 Å². The molecule has 0 fully saturated rings. The van der Waals surface area contributed by atoms with Gasteiger partial charge in [-0.05, 0) is 49.4 Å². The molecule has 0 radical (unpaired) electrons. The molecule has 5 aromatic rings. The van der Waals surface area contributed by atoms with Gasteiger partial charge in [-0.1, -0.05) is 41.9 Å². The highest BCUT2D eigenvalue weighted by atomic mass is 35.5. The molecule has 0 unspecified atom stereocenters. The molecule has 5 rings (SSSR count). The van der Waals surface area contributed by atoms with Crippen LogP contribution >= 0.6 is 11.6 Å². The van der Waals surface area contributed by atoms with Gasteiger partial charge in [0.15, 0.2) is 5.52 Å². The van der Waals surface area contributed by atoms with E-state index < -0.39 is 0 Å². The van der Waals surface area contributed by atoms with Gasteiger partial charge in [0, 0.05) is 22.3 Å². The summed E-state index contributed by atoms with van der Waals surface area (Å²) in [7, 11) is 0. The average molecular weight is 461 g/mol. The number of aryl methyl sites for hydroxylation is 1. The van der Waals surface area contributed by atoms with Crippen LogP contribution in [0, 0.1) is 12.7 Å². The SMILES string of the molecule is Cc1cc(NC(=O)c2ccc(Cl)cc2)[n+](-c2nc3ccccc3n2Cc2ccccc2F)[nH]1. The van der Waals surface area contributed by atoms with Crippen molar-refractivity contribution in [1.29, 1.82) is 0 Å². The number of nitrogens with zero attached hydrogens (tertiary/aromatic N) is 3. The number of imidazole rings is 1. The van der Waals surface area contributed by atoms with Crippen LogP contribution in [-0.2, 0) is 6.54 Å². The topological polar surface area (TPSA) is 66.6 Å². The second-order valence-corrected chi connectivity index (χ2v) is 8.14. The van der Waals surface area contributed by atoms with Crippen molar-refractivity contribution in [3.63, 3.8) is 0 Å². The second-order valence-electron chi connectivity index (χ2n) is 7.70. The molecular formula is C25H20ClFN5O+. The highest BCUT2D eigenvalue weighted by molar-refractivity contribution is 6.30. The number of aromatic amines is 1. The summed E-state index contributed by atoms with van der Waals surface area (Å²) < 4.78 is 18.1. The minimum Gasteiger partial charge on any atom is -0.258 e. The molecule has 2 aromatic heterocycles. The zero-order valence-corrected chi connectivity index (χ0v) is 18.5. The average Bonchev–Trinajstić information content (AvgIpc) is 3.35. The normalized spacial score (nSPS) is 11.1. The Morgan fingerprint density at radius 2 is 1.82 bits per heavy atom. The van der Waals surface area contributed by atoms with Gasteiger partial charge in [0.1, 0.15) is 11.3 Å². The largest absolute Gasteiger partial charge is 0.377 e. The molecule has 0 saturated carbocycles. The molecule has 0 aliphatic heterocycles. The molecule has 2 N–H and O–H groups in total. The van der Waals surface area contributed by atoms with Crippen LogP contribution in [0.15, 0.2) is 78.9 Å². The first-order valence-electron chi connectivity index (χ1n) is 10.4.